The molecule has 0 amide bonds. The topological polar surface area (TPSA) is 59.1 Å². The van der Waals surface area contributed by atoms with E-state index in [-0.39, 0.29) is 20.8 Å². The number of pyridine rings is 1. The molecule has 0 aliphatic carbocycles. The highest BCUT2D eigenvalue weighted by Gasteiger charge is 2.17. The molecule has 1 aromatic heterocycles. The Morgan fingerprint density at radius 2 is 1.80 bits per heavy atom. The van der Waals surface area contributed by atoms with Gasteiger partial charge >= 0.3 is 0 Å². The van der Waals surface area contributed by atoms with Crippen LogP contribution in [0, 0.1) is 6.92 Å². The highest BCUT2D eigenvalue weighted by Crippen LogP contribution is 2.30. The van der Waals surface area contributed by atoms with E-state index in [4.69, 9.17) is 34.8 Å². The summed E-state index contributed by atoms with van der Waals surface area (Å²) in [6, 6.07) is 5.78. The lowest BCUT2D eigenvalue weighted by atomic mass is 10.2. The summed E-state index contributed by atoms with van der Waals surface area (Å²) in [5.74, 6) is 0. The van der Waals surface area contributed by atoms with Crippen molar-refractivity contribution in [3.63, 3.8) is 0 Å². The molecule has 106 valence electrons. The molecule has 0 aliphatic heterocycles. The third kappa shape index (κ3) is 3.35. The number of anilines is 1. The number of nitrogens with zero attached hydrogens (tertiary/aromatic N) is 1. The molecule has 1 aromatic carbocycles. The number of hydrogen-bond acceptors (Lipinski definition) is 3. The molecule has 0 spiro atoms. The summed E-state index contributed by atoms with van der Waals surface area (Å²) in [6.07, 6.45) is 1.16. The number of rotatable bonds is 3. The van der Waals surface area contributed by atoms with E-state index >= 15 is 0 Å². The van der Waals surface area contributed by atoms with Gasteiger partial charge in [0.15, 0.2) is 0 Å². The molecule has 0 saturated carbocycles. The van der Waals surface area contributed by atoms with E-state index in [0.717, 1.165) is 11.8 Å². The first kappa shape index (κ1) is 15.4. The maximum absolute atomic E-state index is 12.2. The van der Waals surface area contributed by atoms with Gasteiger partial charge in [-0.25, -0.2) is 13.4 Å². The first-order chi connectivity index (χ1) is 9.29. The standard InChI is InChI=1S/C12H9Cl3N2O2S/c1-7-4-10(14)11(5-9(7)13)17-20(18,19)8-2-3-12(15)16-6-8/h2-6,17H,1H3. The summed E-state index contributed by atoms with van der Waals surface area (Å²) in [5.41, 5.74) is 0.963. The van der Waals surface area contributed by atoms with Crippen LogP contribution in [-0.2, 0) is 10.0 Å². The first-order valence-electron chi connectivity index (χ1n) is 5.39. The van der Waals surface area contributed by atoms with Gasteiger partial charge in [0, 0.05) is 11.2 Å². The van der Waals surface area contributed by atoms with E-state index in [0.29, 0.717) is 5.02 Å². The van der Waals surface area contributed by atoms with E-state index < -0.39 is 10.0 Å². The lowest BCUT2D eigenvalue weighted by molar-refractivity contribution is 0.601. The minimum Gasteiger partial charge on any atom is -0.278 e. The minimum absolute atomic E-state index is 0.0188. The zero-order valence-corrected chi connectivity index (χ0v) is 13.3. The van der Waals surface area contributed by atoms with Crippen LogP contribution in [0.5, 0.6) is 0 Å². The van der Waals surface area contributed by atoms with Gasteiger partial charge in [-0.3, -0.25) is 4.72 Å². The maximum Gasteiger partial charge on any atom is 0.263 e. The van der Waals surface area contributed by atoms with Gasteiger partial charge in [0.25, 0.3) is 10.0 Å². The second kappa shape index (κ2) is 5.77. The summed E-state index contributed by atoms with van der Waals surface area (Å²) in [7, 11) is -3.80. The molecule has 0 unspecified atom stereocenters. The zero-order valence-electron chi connectivity index (χ0n) is 10.2. The Morgan fingerprint density at radius 1 is 1.10 bits per heavy atom. The molecule has 0 radical (unpaired) electrons. The SMILES string of the molecule is Cc1cc(Cl)c(NS(=O)(=O)c2ccc(Cl)nc2)cc1Cl. The summed E-state index contributed by atoms with van der Waals surface area (Å²) < 4.78 is 26.7. The maximum atomic E-state index is 12.2. The second-order valence-corrected chi connectivity index (χ2v) is 6.89. The van der Waals surface area contributed by atoms with Gasteiger partial charge < -0.3 is 0 Å². The van der Waals surface area contributed by atoms with Gasteiger partial charge in [-0.2, -0.15) is 0 Å². The lowest BCUT2D eigenvalue weighted by Crippen LogP contribution is -2.13. The van der Waals surface area contributed by atoms with Crippen molar-refractivity contribution in [2.75, 3.05) is 4.72 Å². The average molecular weight is 352 g/mol. The molecular formula is C12H9Cl3N2O2S. The fraction of sp³-hybridized carbons (Fsp3) is 0.0833. The molecule has 0 atom stereocenters. The smallest absolute Gasteiger partial charge is 0.263 e. The van der Waals surface area contributed by atoms with Crippen molar-refractivity contribution in [3.8, 4) is 0 Å². The number of aryl methyl sites for hydroxylation is 1. The predicted molar refractivity (Wildman–Crippen MR) is 81.3 cm³/mol. The van der Waals surface area contributed by atoms with Crippen LogP contribution < -0.4 is 4.72 Å². The van der Waals surface area contributed by atoms with E-state index in [1.807, 2.05) is 0 Å². The fourth-order valence-electron chi connectivity index (χ4n) is 1.45. The van der Waals surface area contributed by atoms with Crippen LogP contribution in [0.3, 0.4) is 0 Å². The highest BCUT2D eigenvalue weighted by atomic mass is 35.5. The first-order valence-corrected chi connectivity index (χ1v) is 8.01. The molecule has 1 N–H and O–H groups in total. The van der Waals surface area contributed by atoms with Crippen molar-refractivity contribution in [1.29, 1.82) is 0 Å². The normalized spacial score (nSPS) is 11.4. The Balaban J connectivity index is 2.38. The Kier molecular flexibility index (Phi) is 4.44. The molecule has 0 bridgehead atoms. The van der Waals surface area contributed by atoms with Gasteiger partial charge in [0.1, 0.15) is 10.0 Å². The Hall–Kier alpha value is -1.01. The van der Waals surface area contributed by atoms with Gasteiger partial charge in [-0.15, -0.1) is 0 Å². The number of halogens is 3. The van der Waals surface area contributed by atoms with Crippen LogP contribution in [-0.4, -0.2) is 13.4 Å². The van der Waals surface area contributed by atoms with Crippen molar-refractivity contribution < 1.29 is 8.42 Å². The van der Waals surface area contributed by atoms with Crippen LogP contribution in [0.15, 0.2) is 35.4 Å². The summed E-state index contributed by atoms with van der Waals surface area (Å²) >= 11 is 17.6. The minimum atomic E-state index is -3.80. The molecule has 20 heavy (non-hydrogen) atoms. The van der Waals surface area contributed by atoms with Crippen molar-refractivity contribution in [2.45, 2.75) is 11.8 Å². The highest BCUT2D eigenvalue weighted by molar-refractivity contribution is 7.92. The van der Waals surface area contributed by atoms with Crippen LogP contribution >= 0.6 is 34.8 Å². The number of hydrogen-bond donors (Lipinski definition) is 1. The van der Waals surface area contributed by atoms with E-state index in [9.17, 15) is 8.42 Å². The number of sulfonamides is 1. The molecule has 4 nitrogen and oxygen atoms in total. The van der Waals surface area contributed by atoms with Gasteiger partial charge in [0.05, 0.1) is 10.7 Å². The Bertz CT molecular complexity index is 746. The second-order valence-electron chi connectivity index (χ2n) is 4.00. The molecule has 1 heterocycles. The van der Waals surface area contributed by atoms with E-state index in [1.54, 1.807) is 13.0 Å². The summed E-state index contributed by atoms with van der Waals surface area (Å²) in [6.45, 7) is 1.77. The predicted octanol–water partition coefficient (Wildman–Crippen LogP) is 4.15. The largest absolute Gasteiger partial charge is 0.278 e. The Labute approximate surface area is 131 Å². The van der Waals surface area contributed by atoms with Crippen molar-refractivity contribution >= 4 is 50.5 Å². The molecule has 8 heteroatoms. The number of aromatic nitrogens is 1. The molecule has 0 saturated heterocycles. The van der Waals surface area contributed by atoms with E-state index in [2.05, 4.69) is 9.71 Å². The Morgan fingerprint density at radius 3 is 2.40 bits per heavy atom. The fourth-order valence-corrected chi connectivity index (χ4v) is 3.06. The summed E-state index contributed by atoms with van der Waals surface area (Å²) in [4.78, 5) is 3.71. The monoisotopic (exact) mass is 350 g/mol. The quantitative estimate of drug-likeness (QED) is 0.845. The molecule has 0 fully saturated rings. The molecule has 2 aromatic rings. The van der Waals surface area contributed by atoms with Gasteiger partial charge in [-0.1, -0.05) is 34.8 Å². The average Bonchev–Trinajstić information content (AvgIpc) is 2.36. The zero-order chi connectivity index (χ0) is 14.9. The molecular weight excluding hydrogens is 343 g/mol. The van der Waals surface area contributed by atoms with Gasteiger partial charge in [0.2, 0.25) is 0 Å². The van der Waals surface area contributed by atoms with Crippen LogP contribution in [0.2, 0.25) is 15.2 Å². The van der Waals surface area contributed by atoms with Crippen molar-refractivity contribution in [2.24, 2.45) is 0 Å². The molecule has 0 aliphatic rings. The number of benzene rings is 1. The number of nitrogens with one attached hydrogen (secondary N) is 1. The van der Waals surface area contributed by atoms with Crippen molar-refractivity contribution in [1.82, 2.24) is 4.98 Å². The third-order valence-corrected chi connectivity index (χ3v) is 4.80. The molecule has 2 rings (SSSR count). The third-order valence-electron chi connectivity index (χ3n) is 2.50. The summed E-state index contributed by atoms with van der Waals surface area (Å²) in [5, 5.41) is 0.888. The van der Waals surface area contributed by atoms with Crippen LogP contribution in [0.1, 0.15) is 5.56 Å². The van der Waals surface area contributed by atoms with Crippen LogP contribution in [0.25, 0.3) is 0 Å². The van der Waals surface area contributed by atoms with E-state index in [1.165, 1.54) is 18.2 Å². The van der Waals surface area contributed by atoms with Crippen molar-refractivity contribution in [3.05, 3.63) is 51.2 Å². The van der Waals surface area contributed by atoms with Gasteiger partial charge in [-0.05, 0) is 36.8 Å². The lowest BCUT2D eigenvalue weighted by Gasteiger charge is -2.11. The van der Waals surface area contributed by atoms with Crippen LogP contribution in [0.4, 0.5) is 5.69 Å².